The fraction of sp³-hybridized carbons (Fsp3) is 0. The van der Waals surface area contributed by atoms with Gasteiger partial charge in [-0.2, -0.15) is 5.26 Å². The average Bonchev–Trinajstić information content (AvgIpc) is 2.49. The predicted molar refractivity (Wildman–Crippen MR) is 82.3 cm³/mol. The van der Waals surface area contributed by atoms with Gasteiger partial charge in [0, 0.05) is 6.08 Å². The summed E-state index contributed by atoms with van der Waals surface area (Å²) in [6.07, 6.45) is 2.87. The molecule has 5 heteroatoms. The summed E-state index contributed by atoms with van der Waals surface area (Å²) >= 11 is 11.7. The zero-order valence-corrected chi connectivity index (χ0v) is 12.2. The minimum atomic E-state index is -0.522. The van der Waals surface area contributed by atoms with E-state index in [1.165, 1.54) is 6.08 Å². The Morgan fingerprint density at radius 3 is 2.43 bits per heavy atom. The van der Waals surface area contributed by atoms with Crippen molar-refractivity contribution in [2.24, 2.45) is 0 Å². The molecule has 3 nitrogen and oxygen atoms in total. The van der Waals surface area contributed by atoms with Crippen LogP contribution in [-0.2, 0) is 4.79 Å². The second-order valence-electron chi connectivity index (χ2n) is 4.06. The van der Waals surface area contributed by atoms with E-state index in [-0.39, 0.29) is 0 Å². The molecule has 0 saturated heterocycles. The molecular formula is C16H9Cl2NO2. The summed E-state index contributed by atoms with van der Waals surface area (Å²) in [6, 6.07) is 13.3. The molecule has 21 heavy (non-hydrogen) atoms. The third kappa shape index (κ3) is 4.35. The van der Waals surface area contributed by atoms with Gasteiger partial charge in [0.15, 0.2) is 0 Å². The second kappa shape index (κ2) is 6.94. The van der Waals surface area contributed by atoms with E-state index >= 15 is 0 Å². The number of nitrogens with zero attached hydrogens (tertiary/aromatic N) is 1. The number of esters is 1. The summed E-state index contributed by atoms with van der Waals surface area (Å²) in [5.74, 6) is -0.149. The van der Waals surface area contributed by atoms with Crippen molar-refractivity contribution >= 4 is 35.2 Å². The van der Waals surface area contributed by atoms with Gasteiger partial charge in [-0.15, -0.1) is 0 Å². The Kier molecular flexibility index (Phi) is 4.99. The Hall–Kier alpha value is -2.28. The molecule has 0 aromatic heterocycles. The first-order valence-corrected chi connectivity index (χ1v) is 6.69. The molecule has 0 aliphatic carbocycles. The molecule has 0 spiro atoms. The number of nitriles is 1. The fourth-order valence-corrected chi connectivity index (χ4v) is 1.83. The van der Waals surface area contributed by atoms with Crippen molar-refractivity contribution in [2.75, 3.05) is 0 Å². The van der Waals surface area contributed by atoms with Crippen LogP contribution in [-0.4, -0.2) is 5.97 Å². The van der Waals surface area contributed by atoms with Gasteiger partial charge in [-0.1, -0.05) is 29.3 Å². The topological polar surface area (TPSA) is 50.1 Å². The Labute approximate surface area is 132 Å². The number of hydrogen-bond acceptors (Lipinski definition) is 3. The molecule has 0 radical (unpaired) electrons. The molecular weight excluding hydrogens is 309 g/mol. The van der Waals surface area contributed by atoms with Crippen molar-refractivity contribution in [2.45, 2.75) is 0 Å². The Morgan fingerprint density at radius 1 is 1.10 bits per heavy atom. The van der Waals surface area contributed by atoms with Crippen molar-refractivity contribution in [1.82, 2.24) is 0 Å². The third-order valence-electron chi connectivity index (χ3n) is 2.56. The Bertz CT molecular complexity index is 731. The van der Waals surface area contributed by atoms with E-state index in [9.17, 15) is 4.79 Å². The third-order valence-corrected chi connectivity index (χ3v) is 3.30. The zero-order chi connectivity index (χ0) is 15.2. The van der Waals surface area contributed by atoms with Gasteiger partial charge in [-0.05, 0) is 48.0 Å². The lowest BCUT2D eigenvalue weighted by molar-refractivity contribution is -0.128. The van der Waals surface area contributed by atoms with Crippen molar-refractivity contribution < 1.29 is 9.53 Å². The van der Waals surface area contributed by atoms with E-state index in [1.807, 2.05) is 6.07 Å². The molecule has 0 unspecified atom stereocenters. The highest BCUT2D eigenvalue weighted by Gasteiger charge is 2.01. The summed E-state index contributed by atoms with van der Waals surface area (Å²) < 4.78 is 5.10. The van der Waals surface area contributed by atoms with Crippen molar-refractivity contribution in [3.05, 3.63) is 69.7 Å². The van der Waals surface area contributed by atoms with Crippen LogP contribution in [0.3, 0.4) is 0 Å². The molecule has 2 aromatic carbocycles. The van der Waals surface area contributed by atoms with Crippen LogP contribution >= 0.6 is 23.2 Å². The maximum absolute atomic E-state index is 11.7. The lowest BCUT2D eigenvalue weighted by Gasteiger charge is -2.01. The monoisotopic (exact) mass is 317 g/mol. The lowest BCUT2D eigenvalue weighted by Crippen LogP contribution is -2.03. The molecule has 0 bridgehead atoms. The number of ether oxygens (including phenoxy) is 1. The number of carbonyl (C=O) groups excluding carboxylic acids is 1. The summed E-state index contributed by atoms with van der Waals surface area (Å²) in [5, 5.41) is 9.54. The second-order valence-corrected chi connectivity index (χ2v) is 4.88. The molecule has 2 aromatic rings. The van der Waals surface area contributed by atoms with Crippen LogP contribution in [0.5, 0.6) is 5.75 Å². The molecule has 0 heterocycles. The summed E-state index contributed by atoms with van der Waals surface area (Å²) in [6.45, 7) is 0. The summed E-state index contributed by atoms with van der Waals surface area (Å²) in [5.41, 5.74) is 1.24. The van der Waals surface area contributed by atoms with E-state index in [0.717, 1.165) is 5.56 Å². The maximum Gasteiger partial charge on any atom is 0.336 e. The van der Waals surface area contributed by atoms with Gasteiger partial charge < -0.3 is 4.74 Å². The van der Waals surface area contributed by atoms with Crippen LogP contribution < -0.4 is 4.74 Å². The fourth-order valence-electron chi connectivity index (χ4n) is 1.53. The summed E-state index contributed by atoms with van der Waals surface area (Å²) in [7, 11) is 0. The van der Waals surface area contributed by atoms with Gasteiger partial charge in [0.05, 0.1) is 21.7 Å². The molecule has 0 aliphatic heterocycles. The van der Waals surface area contributed by atoms with E-state index in [2.05, 4.69) is 0 Å². The molecule has 0 atom stereocenters. The minimum absolute atomic E-state index is 0.373. The first kappa shape index (κ1) is 15.1. The average molecular weight is 318 g/mol. The van der Waals surface area contributed by atoms with Gasteiger partial charge in [0.2, 0.25) is 0 Å². The highest BCUT2D eigenvalue weighted by molar-refractivity contribution is 6.42. The standard InChI is InChI=1S/C16H9Cl2NO2/c17-14-7-3-11(9-15(14)18)4-8-16(20)21-13-5-1-12(10-19)2-6-13/h1-9H/b8-4+. The molecule has 0 N–H and O–H groups in total. The first-order valence-electron chi connectivity index (χ1n) is 5.93. The number of halogens is 2. The quantitative estimate of drug-likeness (QED) is 0.476. The van der Waals surface area contributed by atoms with Crippen LogP contribution in [0.4, 0.5) is 0 Å². The summed E-state index contributed by atoms with van der Waals surface area (Å²) in [4.78, 5) is 11.7. The highest BCUT2D eigenvalue weighted by Crippen LogP contribution is 2.23. The van der Waals surface area contributed by atoms with E-state index in [1.54, 1.807) is 48.5 Å². The predicted octanol–water partition coefficient (Wildman–Crippen LogP) is 4.48. The van der Waals surface area contributed by atoms with Crippen LogP contribution in [0, 0.1) is 11.3 Å². The maximum atomic E-state index is 11.7. The van der Waals surface area contributed by atoms with E-state index < -0.39 is 5.97 Å². The van der Waals surface area contributed by atoms with Crippen LogP contribution in [0.1, 0.15) is 11.1 Å². The van der Waals surface area contributed by atoms with Crippen molar-refractivity contribution in [1.29, 1.82) is 5.26 Å². The smallest absolute Gasteiger partial charge is 0.336 e. The van der Waals surface area contributed by atoms with Gasteiger partial charge >= 0.3 is 5.97 Å². The Morgan fingerprint density at radius 2 is 1.81 bits per heavy atom. The molecule has 104 valence electrons. The molecule has 0 saturated carbocycles. The van der Waals surface area contributed by atoms with Crippen molar-refractivity contribution in [3.8, 4) is 11.8 Å². The number of hydrogen-bond donors (Lipinski definition) is 0. The van der Waals surface area contributed by atoms with Gasteiger partial charge in [-0.3, -0.25) is 0 Å². The van der Waals surface area contributed by atoms with Gasteiger partial charge in [-0.25, -0.2) is 4.79 Å². The largest absolute Gasteiger partial charge is 0.423 e. The molecule has 0 aliphatic rings. The van der Waals surface area contributed by atoms with Crippen molar-refractivity contribution in [3.63, 3.8) is 0 Å². The number of benzene rings is 2. The van der Waals surface area contributed by atoms with Gasteiger partial charge in [0.25, 0.3) is 0 Å². The molecule has 0 fully saturated rings. The first-order chi connectivity index (χ1) is 10.1. The highest BCUT2D eigenvalue weighted by atomic mass is 35.5. The number of rotatable bonds is 3. The molecule has 2 rings (SSSR count). The van der Waals surface area contributed by atoms with E-state index in [4.69, 9.17) is 33.2 Å². The zero-order valence-electron chi connectivity index (χ0n) is 10.7. The van der Waals surface area contributed by atoms with E-state index in [0.29, 0.717) is 21.4 Å². The normalized spacial score (nSPS) is 10.3. The molecule has 0 amide bonds. The Balaban J connectivity index is 2.01. The van der Waals surface area contributed by atoms with Crippen LogP contribution in [0.2, 0.25) is 10.0 Å². The van der Waals surface area contributed by atoms with Crippen LogP contribution in [0.15, 0.2) is 48.5 Å². The van der Waals surface area contributed by atoms with Crippen LogP contribution in [0.25, 0.3) is 6.08 Å². The SMILES string of the molecule is N#Cc1ccc(OC(=O)/C=C/c2ccc(Cl)c(Cl)c2)cc1. The minimum Gasteiger partial charge on any atom is -0.423 e. The number of carbonyl (C=O) groups is 1. The van der Waals surface area contributed by atoms with Gasteiger partial charge in [0.1, 0.15) is 5.75 Å². The lowest BCUT2D eigenvalue weighted by atomic mass is 10.2.